The Bertz CT molecular complexity index is 622. The van der Waals surface area contributed by atoms with Crippen LogP contribution in [-0.2, 0) is 14.8 Å². The minimum atomic E-state index is -3.67. The maximum Gasteiger partial charge on any atom is 0.251 e. The van der Waals surface area contributed by atoms with Gasteiger partial charge in [-0.1, -0.05) is 6.07 Å². The fourth-order valence-corrected chi connectivity index (χ4v) is 2.77. The van der Waals surface area contributed by atoms with Crippen molar-refractivity contribution in [1.29, 1.82) is 0 Å². The van der Waals surface area contributed by atoms with Crippen molar-refractivity contribution in [3.63, 3.8) is 0 Å². The zero-order chi connectivity index (χ0) is 16.8. The Labute approximate surface area is 143 Å². The lowest BCUT2D eigenvalue weighted by Gasteiger charge is -2.14. The van der Waals surface area contributed by atoms with E-state index in [4.69, 9.17) is 10.5 Å². The van der Waals surface area contributed by atoms with Gasteiger partial charge in [-0.25, -0.2) is 13.1 Å². The van der Waals surface area contributed by atoms with Crippen molar-refractivity contribution in [2.45, 2.75) is 24.8 Å². The minimum Gasteiger partial charge on any atom is -0.383 e. The first kappa shape index (κ1) is 21.8. The summed E-state index contributed by atoms with van der Waals surface area (Å²) in [5.41, 5.74) is 6.48. The normalized spacial score (nSPS) is 12.3. The van der Waals surface area contributed by atoms with Crippen LogP contribution in [0.2, 0.25) is 0 Å². The molecule has 0 aliphatic carbocycles. The molecule has 132 valence electrons. The van der Waals surface area contributed by atoms with Crippen molar-refractivity contribution in [2.24, 2.45) is 5.73 Å². The van der Waals surface area contributed by atoms with Gasteiger partial charge in [0, 0.05) is 31.8 Å². The van der Waals surface area contributed by atoms with Gasteiger partial charge in [0.2, 0.25) is 10.0 Å². The third-order valence-corrected chi connectivity index (χ3v) is 4.55. The second-order valence-corrected chi connectivity index (χ2v) is 6.74. The summed E-state index contributed by atoms with van der Waals surface area (Å²) in [5, 5.41) is 2.72. The lowest BCUT2D eigenvalue weighted by Crippen LogP contribution is -2.38. The maximum absolute atomic E-state index is 12.2. The molecule has 0 unspecified atom stereocenters. The van der Waals surface area contributed by atoms with Crippen LogP contribution in [-0.4, -0.2) is 47.2 Å². The van der Waals surface area contributed by atoms with Gasteiger partial charge in [-0.05, 0) is 31.5 Å². The predicted molar refractivity (Wildman–Crippen MR) is 91.5 cm³/mol. The number of carbonyl (C=O) groups is 1. The van der Waals surface area contributed by atoms with Gasteiger partial charge < -0.3 is 15.8 Å². The van der Waals surface area contributed by atoms with Gasteiger partial charge >= 0.3 is 0 Å². The molecule has 1 aromatic rings. The molecule has 0 aromatic heterocycles. The van der Waals surface area contributed by atoms with Crippen LogP contribution >= 0.6 is 12.4 Å². The highest BCUT2D eigenvalue weighted by Gasteiger charge is 2.18. The number of nitrogens with two attached hydrogens (primary N) is 1. The zero-order valence-corrected chi connectivity index (χ0v) is 15.1. The van der Waals surface area contributed by atoms with Gasteiger partial charge in [-0.2, -0.15) is 0 Å². The Morgan fingerprint density at radius 2 is 2.04 bits per heavy atom. The fraction of sp³-hybridized carbons (Fsp3) is 0.500. The van der Waals surface area contributed by atoms with Gasteiger partial charge in [0.25, 0.3) is 5.91 Å². The number of amides is 1. The molecule has 0 spiro atoms. The van der Waals surface area contributed by atoms with Crippen molar-refractivity contribution in [3.05, 3.63) is 29.3 Å². The van der Waals surface area contributed by atoms with E-state index in [0.29, 0.717) is 17.7 Å². The molecular formula is C14H24ClN3O4S. The quantitative estimate of drug-likeness (QED) is 0.578. The van der Waals surface area contributed by atoms with E-state index in [1.807, 2.05) is 0 Å². The highest BCUT2D eigenvalue weighted by atomic mass is 35.5. The molecule has 1 amide bonds. The molecule has 0 saturated carbocycles. The number of ether oxygens (including phenoxy) is 1. The molecule has 0 bridgehead atoms. The van der Waals surface area contributed by atoms with E-state index in [1.54, 1.807) is 19.9 Å². The molecule has 0 fully saturated rings. The molecule has 1 rings (SSSR count). The number of carbonyl (C=O) groups excluding carboxylic acids is 1. The first-order chi connectivity index (χ1) is 10.3. The fourth-order valence-electron chi connectivity index (χ4n) is 1.73. The number of halogens is 1. The van der Waals surface area contributed by atoms with Gasteiger partial charge in [0.15, 0.2) is 0 Å². The summed E-state index contributed by atoms with van der Waals surface area (Å²) in [6.45, 7) is 4.27. The van der Waals surface area contributed by atoms with E-state index in [-0.39, 0.29) is 42.4 Å². The predicted octanol–water partition coefficient (Wildman–Crippen LogP) is 0.419. The second-order valence-electron chi connectivity index (χ2n) is 4.98. The third kappa shape index (κ3) is 6.44. The van der Waals surface area contributed by atoms with E-state index in [9.17, 15) is 13.2 Å². The summed E-state index contributed by atoms with van der Waals surface area (Å²) >= 11 is 0. The Hall–Kier alpha value is -1.19. The van der Waals surface area contributed by atoms with E-state index in [1.165, 1.54) is 19.2 Å². The Morgan fingerprint density at radius 1 is 1.39 bits per heavy atom. The number of nitrogens with one attached hydrogen (secondary N) is 2. The van der Waals surface area contributed by atoms with E-state index in [0.717, 1.165) is 0 Å². The van der Waals surface area contributed by atoms with E-state index < -0.39 is 10.0 Å². The Morgan fingerprint density at radius 3 is 2.61 bits per heavy atom. The highest BCUT2D eigenvalue weighted by Crippen LogP contribution is 2.15. The standard InChI is InChI=1S/C14H23N3O4S.ClH/c1-10-4-5-12(22(19,20)16-6-7-21-3)8-13(10)14(18)17-11(2)9-15;/h4-5,8,11,16H,6-7,9,15H2,1-3H3,(H,17,18);1H/t11-;/m0./s1. The summed E-state index contributed by atoms with van der Waals surface area (Å²) in [6.07, 6.45) is 0. The second kappa shape index (κ2) is 9.84. The van der Waals surface area contributed by atoms with Gasteiger partial charge in [-0.15, -0.1) is 12.4 Å². The van der Waals surface area contributed by atoms with E-state index >= 15 is 0 Å². The summed E-state index contributed by atoms with van der Waals surface area (Å²) in [7, 11) is -2.19. The SMILES string of the molecule is COCCNS(=O)(=O)c1ccc(C)c(C(=O)N[C@@H](C)CN)c1.Cl. The summed E-state index contributed by atoms with van der Waals surface area (Å²) < 4.78 is 31.5. The largest absolute Gasteiger partial charge is 0.383 e. The van der Waals surface area contributed by atoms with Gasteiger partial charge in [-0.3, -0.25) is 4.79 Å². The lowest BCUT2D eigenvalue weighted by molar-refractivity contribution is 0.0940. The molecular weight excluding hydrogens is 342 g/mol. The van der Waals surface area contributed by atoms with Crippen LogP contribution in [0.25, 0.3) is 0 Å². The van der Waals surface area contributed by atoms with Crippen LogP contribution in [0.4, 0.5) is 0 Å². The van der Waals surface area contributed by atoms with Crippen LogP contribution in [0.15, 0.2) is 23.1 Å². The minimum absolute atomic E-state index is 0. The van der Waals surface area contributed by atoms with Crippen molar-refractivity contribution < 1.29 is 17.9 Å². The molecule has 0 aliphatic rings. The third-order valence-electron chi connectivity index (χ3n) is 3.09. The van der Waals surface area contributed by atoms with Crippen molar-refractivity contribution >= 4 is 28.3 Å². The number of sulfonamides is 1. The van der Waals surface area contributed by atoms with Crippen molar-refractivity contribution in [2.75, 3.05) is 26.8 Å². The molecule has 9 heteroatoms. The van der Waals surface area contributed by atoms with E-state index in [2.05, 4.69) is 10.0 Å². The number of aryl methyl sites for hydroxylation is 1. The molecule has 7 nitrogen and oxygen atoms in total. The van der Waals surface area contributed by atoms with Gasteiger partial charge in [0.05, 0.1) is 11.5 Å². The van der Waals surface area contributed by atoms with Crippen molar-refractivity contribution in [1.82, 2.24) is 10.0 Å². The molecule has 1 atom stereocenters. The highest BCUT2D eigenvalue weighted by molar-refractivity contribution is 7.89. The Balaban J connectivity index is 0.00000484. The first-order valence-corrected chi connectivity index (χ1v) is 8.40. The summed E-state index contributed by atoms with van der Waals surface area (Å²) in [5.74, 6) is -0.343. The smallest absolute Gasteiger partial charge is 0.251 e. The maximum atomic E-state index is 12.2. The summed E-state index contributed by atoms with van der Waals surface area (Å²) in [6, 6.07) is 4.25. The topological polar surface area (TPSA) is 111 Å². The van der Waals surface area contributed by atoms with Gasteiger partial charge in [0.1, 0.15) is 0 Å². The Kier molecular flexibility index (Phi) is 9.33. The number of hydrogen-bond donors (Lipinski definition) is 3. The molecule has 0 radical (unpaired) electrons. The van der Waals surface area contributed by atoms with Crippen molar-refractivity contribution in [3.8, 4) is 0 Å². The molecule has 4 N–H and O–H groups in total. The van der Waals surface area contributed by atoms with Crippen LogP contribution < -0.4 is 15.8 Å². The van der Waals surface area contributed by atoms with Crippen LogP contribution in [0, 0.1) is 6.92 Å². The molecule has 0 saturated heterocycles. The number of benzene rings is 1. The summed E-state index contributed by atoms with van der Waals surface area (Å²) in [4.78, 5) is 12.2. The number of methoxy groups -OCH3 is 1. The van der Waals surface area contributed by atoms with Crippen LogP contribution in [0.3, 0.4) is 0 Å². The molecule has 1 aromatic carbocycles. The number of hydrogen-bond acceptors (Lipinski definition) is 5. The molecule has 23 heavy (non-hydrogen) atoms. The molecule has 0 heterocycles. The first-order valence-electron chi connectivity index (χ1n) is 6.92. The zero-order valence-electron chi connectivity index (χ0n) is 13.5. The molecule has 0 aliphatic heterocycles. The number of rotatable bonds is 8. The lowest BCUT2D eigenvalue weighted by atomic mass is 10.1. The van der Waals surface area contributed by atoms with Crippen LogP contribution in [0.1, 0.15) is 22.8 Å². The average molecular weight is 366 g/mol. The van der Waals surface area contributed by atoms with Crippen LogP contribution in [0.5, 0.6) is 0 Å². The monoisotopic (exact) mass is 365 g/mol. The average Bonchev–Trinajstić information content (AvgIpc) is 2.47.